The van der Waals surface area contributed by atoms with Gasteiger partial charge in [0.25, 0.3) is 0 Å². The lowest BCUT2D eigenvalue weighted by Crippen LogP contribution is -1.95. The van der Waals surface area contributed by atoms with Crippen LogP contribution in [0.4, 0.5) is 0 Å². The van der Waals surface area contributed by atoms with E-state index in [-0.39, 0.29) is 0 Å². The zero-order valence-corrected chi connectivity index (χ0v) is 8.34. The van der Waals surface area contributed by atoms with Gasteiger partial charge in [0.2, 0.25) is 5.89 Å². The van der Waals surface area contributed by atoms with Crippen molar-refractivity contribution in [1.29, 1.82) is 0 Å². The highest BCUT2D eigenvalue weighted by Crippen LogP contribution is 2.17. The molecule has 0 spiro atoms. The highest BCUT2D eigenvalue weighted by atomic mass is 16.5. The molecule has 0 aliphatic rings. The quantitative estimate of drug-likeness (QED) is 0.768. The van der Waals surface area contributed by atoms with E-state index in [1.54, 1.807) is 13.3 Å². The molecule has 0 atom stereocenters. The number of aromatic nitrogens is 1. The van der Waals surface area contributed by atoms with Crippen LogP contribution in [-0.4, -0.2) is 12.1 Å². The molecule has 1 aromatic heterocycles. The van der Waals surface area contributed by atoms with E-state index in [2.05, 4.69) is 4.98 Å². The van der Waals surface area contributed by atoms with Crippen LogP contribution in [0.15, 0.2) is 41.1 Å². The summed E-state index contributed by atoms with van der Waals surface area (Å²) in [6.07, 6.45) is 3.11. The van der Waals surface area contributed by atoms with E-state index in [4.69, 9.17) is 13.9 Å². The highest BCUT2D eigenvalue weighted by Gasteiger charge is 1.99. The van der Waals surface area contributed by atoms with Crippen LogP contribution in [0.5, 0.6) is 11.5 Å². The molecule has 1 heterocycles. The molecule has 4 heteroatoms. The van der Waals surface area contributed by atoms with Gasteiger partial charge in [-0.25, -0.2) is 4.98 Å². The van der Waals surface area contributed by atoms with Crippen molar-refractivity contribution in [3.63, 3.8) is 0 Å². The number of benzene rings is 1. The van der Waals surface area contributed by atoms with Crippen molar-refractivity contribution in [2.45, 2.75) is 6.61 Å². The maximum Gasteiger partial charge on any atom is 0.232 e. The fourth-order valence-electron chi connectivity index (χ4n) is 1.14. The normalized spacial score (nSPS) is 9.93. The van der Waals surface area contributed by atoms with Crippen molar-refractivity contribution in [3.05, 3.63) is 42.6 Å². The third-order valence-corrected chi connectivity index (χ3v) is 1.91. The summed E-state index contributed by atoms with van der Waals surface area (Å²) in [6.45, 7) is 0.333. The maximum atomic E-state index is 5.44. The van der Waals surface area contributed by atoms with E-state index >= 15 is 0 Å². The monoisotopic (exact) mass is 205 g/mol. The van der Waals surface area contributed by atoms with Gasteiger partial charge in [0.05, 0.1) is 13.3 Å². The Morgan fingerprint density at radius 2 is 1.93 bits per heavy atom. The molecule has 0 N–H and O–H groups in total. The van der Waals surface area contributed by atoms with Crippen LogP contribution < -0.4 is 9.47 Å². The Labute approximate surface area is 87.5 Å². The smallest absolute Gasteiger partial charge is 0.232 e. The van der Waals surface area contributed by atoms with Crippen LogP contribution in [0.2, 0.25) is 0 Å². The van der Waals surface area contributed by atoms with Crippen LogP contribution in [0.1, 0.15) is 5.89 Å². The van der Waals surface area contributed by atoms with Crippen molar-refractivity contribution >= 4 is 0 Å². The Morgan fingerprint density at radius 3 is 2.53 bits per heavy atom. The van der Waals surface area contributed by atoms with Crippen molar-refractivity contribution in [3.8, 4) is 11.5 Å². The fraction of sp³-hybridized carbons (Fsp3) is 0.182. The third kappa shape index (κ3) is 2.49. The Morgan fingerprint density at radius 1 is 1.20 bits per heavy atom. The minimum Gasteiger partial charge on any atom is -0.497 e. The molecule has 1 aromatic carbocycles. The topological polar surface area (TPSA) is 44.5 Å². The van der Waals surface area contributed by atoms with Gasteiger partial charge in [-0.3, -0.25) is 0 Å². The number of methoxy groups -OCH3 is 1. The van der Waals surface area contributed by atoms with Crippen LogP contribution in [-0.2, 0) is 6.61 Å². The summed E-state index contributed by atoms with van der Waals surface area (Å²) in [5.74, 6) is 2.12. The van der Waals surface area contributed by atoms with Gasteiger partial charge in [-0.05, 0) is 24.3 Å². The Balaban J connectivity index is 1.93. The van der Waals surface area contributed by atoms with Gasteiger partial charge in [0, 0.05) is 0 Å². The second-order valence-electron chi connectivity index (χ2n) is 2.89. The average Bonchev–Trinajstić information content (AvgIpc) is 2.80. The predicted octanol–water partition coefficient (Wildman–Crippen LogP) is 2.26. The van der Waals surface area contributed by atoms with E-state index in [1.165, 1.54) is 6.26 Å². The highest BCUT2D eigenvalue weighted by molar-refractivity contribution is 5.31. The zero-order valence-electron chi connectivity index (χ0n) is 8.34. The molecular formula is C11H11NO3. The van der Waals surface area contributed by atoms with Gasteiger partial charge in [-0.15, -0.1) is 0 Å². The van der Waals surface area contributed by atoms with E-state index in [9.17, 15) is 0 Å². The number of rotatable bonds is 4. The molecule has 0 bridgehead atoms. The third-order valence-electron chi connectivity index (χ3n) is 1.91. The first-order chi connectivity index (χ1) is 7.38. The van der Waals surface area contributed by atoms with E-state index < -0.39 is 0 Å². The number of nitrogens with zero attached hydrogens (tertiary/aromatic N) is 1. The van der Waals surface area contributed by atoms with Crippen molar-refractivity contribution in [1.82, 2.24) is 4.98 Å². The molecule has 0 unspecified atom stereocenters. The summed E-state index contributed by atoms with van der Waals surface area (Å²) in [7, 11) is 1.63. The minimum absolute atomic E-state index is 0.333. The molecule has 0 radical (unpaired) electrons. The fourth-order valence-corrected chi connectivity index (χ4v) is 1.14. The molecular weight excluding hydrogens is 194 g/mol. The first-order valence-corrected chi connectivity index (χ1v) is 4.54. The second-order valence-corrected chi connectivity index (χ2v) is 2.89. The van der Waals surface area contributed by atoms with Crippen LogP contribution in [0.25, 0.3) is 0 Å². The lowest BCUT2D eigenvalue weighted by molar-refractivity contribution is 0.262. The SMILES string of the molecule is COc1ccc(OCc2ncco2)cc1. The van der Waals surface area contributed by atoms with Gasteiger partial charge in [0.1, 0.15) is 17.8 Å². The van der Waals surface area contributed by atoms with Gasteiger partial charge < -0.3 is 13.9 Å². The van der Waals surface area contributed by atoms with Crippen LogP contribution in [0, 0.1) is 0 Å². The standard InChI is InChI=1S/C11H11NO3/c1-13-9-2-4-10(5-3-9)15-8-11-12-6-7-14-11/h2-7H,8H2,1H3. The van der Waals surface area contributed by atoms with E-state index in [0.29, 0.717) is 12.5 Å². The van der Waals surface area contributed by atoms with E-state index in [0.717, 1.165) is 11.5 Å². The maximum absolute atomic E-state index is 5.44. The molecule has 0 amide bonds. The first-order valence-electron chi connectivity index (χ1n) is 4.54. The number of oxazole rings is 1. The van der Waals surface area contributed by atoms with Crippen molar-refractivity contribution < 1.29 is 13.9 Å². The van der Waals surface area contributed by atoms with Crippen molar-refractivity contribution in [2.24, 2.45) is 0 Å². The molecule has 0 saturated heterocycles. The Bertz CT molecular complexity index is 394. The predicted molar refractivity (Wildman–Crippen MR) is 53.8 cm³/mol. The van der Waals surface area contributed by atoms with Crippen LogP contribution in [0.3, 0.4) is 0 Å². The summed E-state index contributed by atoms with van der Waals surface area (Å²) in [5, 5.41) is 0. The lowest BCUT2D eigenvalue weighted by Gasteiger charge is -2.04. The van der Waals surface area contributed by atoms with Gasteiger partial charge in [-0.2, -0.15) is 0 Å². The summed E-state index contributed by atoms with van der Waals surface area (Å²) in [6, 6.07) is 7.35. The summed E-state index contributed by atoms with van der Waals surface area (Å²) in [5.41, 5.74) is 0. The lowest BCUT2D eigenvalue weighted by atomic mass is 10.3. The summed E-state index contributed by atoms with van der Waals surface area (Å²) >= 11 is 0. The Hall–Kier alpha value is -1.97. The molecule has 0 aliphatic heterocycles. The summed E-state index contributed by atoms with van der Waals surface area (Å²) < 4.78 is 15.5. The molecule has 0 aliphatic carbocycles. The molecule has 4 nitrogen and oxygen atoms in total. The summed E-state index contributed by atoms with van der Waals surface area (Å²) in [4.78, 5) is 3.95. The Kier molecular flexibility index (Phi) is 2.88. The molecule has 2 rings (SSSR count). The van der Waals surface area contributed by atoms with Gasteiger partial charge in [0.15, 0.2) is 6.61 Å². The van der Waals surface area contributed by atoms with Crippen molar-refractivity contribution in [2.75, 3.05) is 7.11 Å². The molecule has 78 valence electrons. The molecule has 0 fully saturated rings. The average molecular weight is 205 g/mol. The number of ether oxygens (including phenoxy) is 2. The molecule has 2 aromatic rings. The molecule has 15 heavy (non-hydrogen) atoms. The van der Waals surface area contributed by atoms with E-state index in [1.807, 2.05) is 24.3 Å². The zero-order chi connectivity index (χ0) is 10.5. The second kappa shape index (κ2) is 4.50. The van der Waals surface area contributed by atoms with Gasteiger partial charge in [-0.1, -0.05) is 0 Å². The number of hydrogen-bond donors (Lipinski definition) is 0. The minimum atomic E-state index is 0.333. The largest absolute Gasteiger partial charge is 0.497 e. The number of hydrogen-bond acceptors (Lipinski definition) is 4. The first kappa shape index (κ1) is 9.58. The van der Waals surface area contributed by atoms with Crippen LogP contribution >= 0.6 is 0 Å². The van der Waals surface area contributed by atoms with Gasteiger partial charge >= 0.3 is 0 Å². The molecule has 0 saturated carbocycles.